The maximum atomic E-state index is 11.8. The largest absolute Gasteiger partial charge is 0.341 e. The van der Waals surface area contributed by atoms with E-state index in [0.717, 1.165) is 25.9 Å². The van der Waals surface area contributed by atoms with Crippen molar-refractivity contribution in [3.63, 3.8) is 0 Å². The quantitative estimate of drug-likeness (QED) is 0.725. The maximum Gasteiger partial charge on any atom is 0.239 e. The zero-order valence-corrected chi connectivity index (χ0v) is 10.3. The van der Waals surface area contributed by atoms with E-state index in [0.29, 0.717) is 0 Å². The van der Waals surface area contributed by atoms with Crippen LogP contribution in [0.5, 0.6) is 0 Å². The standard InChI is InChI=1S/C10H21N3O.ClH/c1-7(2)9(12)10(14)13-5-3-8(11)4-6-13;/h7-9H,3-6,11-12H2,1-2H3;1H/t9-;/m0./s1. The highest BCUT2D eigenvalue weighted by Crippen LogP contribution is 2.11. The van der Waals surface area contributed by atoms with Gasteiger partial charge in [0.25, 0.3) is 0 Å². The third-order valence-electron chi connectivity index (χ3n) is 2.85. The Labute approximate surface area is 97.8 Å². The predicted molar refractivity (Wildman–Crippen MR) is 63.9 cm³/mol. The molecule has 1 heterocycles. The van der Waals surface area contributed by atoms with Crippen LogP contribution in [0.15, 0.2) is 0 Å². The molecule has 1 atom stereocenters. The van der Waals surface area contributed by atoms with E-state index in [1.54, 1.807) is 0 Å². The van der Waals surface area contributed by atoms with Crippen molar-refractivity contribution in [2.45, 2.75) is 38.8 Å². The predicted octanol–water partition coefficient (Wildman–Crippen LogP) is 0.341. The maximum absolute atomic E-state index is 11.8. The monoisotopic (exact) mass is 235 g/mol. The number of piperidine rings is 1. The summed E-state index contributed by atoms with van der Waals surface area (Å²) in [6, 6.07) is -0.0985. The average molecular weight is 236 g/mol. The zero-order valence-electron chi connectivity index (χ0n) is 9.48. The number of carbonyl (C=O) groups is 1. The van der Waals surface area contributed by atoms with E-state index in [1.165, 1.54) is 0 Å². The first kappa shape index (κ1) is 14.7. The summed E-state index contributed by atoms with van der Waals surface area (Å²) in [4.78, 5) is 13.6. The van der Waals surface area contributed by atoms with Crippen LogP contribution in [0.25, 0.3) is 0 Å². The first-order chi connectivity index (χ1) is 6.52. The number of rotatable bonds is 2. The molecule has 0 bridgehead atoms. The third kappa shape index (κ3) is 3.97. The Balaban J connectivity index is 0.00000196. The molecule has 90 valence electrons. The molecule has 0 spiro atoms. The molecule has 1 aliphatic rings. The van der Waals surface area contributed by atoms with Gasteiger partial charge in [0.15, 0.2) is 0 Å². The van der Waals surface area contributed by atoms with Crippen molar-refractivity contribution >= 4 is 18.3 Å². The topological polar surface area (TPSA) is 72.4 Å². The normalized spacial score (nSPS) is 19.9. The lowest BCUT2D eigenvalue weighted by atomic mass is 10.0. The van der Waals surface area contributed by atoms with Gasteiger partial charge in [-0.15, -0.1) is 12.4 Å². The molecule has 0 unspecified atom stereocenters. The molecule has 4 nitrogen and oxygen atoms in total. The molecule has 15 heavy (non-hydrogen) atoms. The van der Waals surface area contributed by atoms with Gasteiger partial charge in [-0.1, -0.05) is 13.8 Å². The molecule has 1 rings (SSSR count). The van der Waals surface area contributed by atoms with Crippen LogP contribution in [0.1, 0.15) is 26.7 Å². The van der Waals surface area contributed by atoms with Crippen LogP contribution >= 0.6 is 12.4 Å². The fourth-order valence-electron chi connectivity index (χ4n) is 1.62. The van der Waals surface area contributed by atoms with Gasteiger partial charge in [0.05, 0.1) is 6.04 Å². The van der Waals surface area contributed by atoms with Crippen molar-refractivity contribution in [3.05, 3.63) is 0 Å². The van der Waals surface area contributed by atoms with Gasteiger partial charge in [-0.05, 0) is 18.8 Å². The zero-order chi connectivity index (χ0) is 10.7. The van der Waals surface area contributed by atoms with Crippen LogP contribution in [0, 0.1) is 5.92 Å². The number of halogens is 1. The summed E-state index contributed by atoms with van der Waals surface area (Å²) < 4.78 is 0. The van der Waals surface area contributed by atoms with Crippen molar-refractivity contribution in [3.8, 4) is 0 Å². The van der Waals surface area contributed by atoms with Gasteiger partial charge < -0.3 is 16.4 Å². The number of nitrogens with two attached hydrogens (primary N) is 2. The molecule has 0 radical (unpaired) electrons. The minimum absolute atomic E-state index is 0. The van der Waals surface area contributed by atoms with Crippen LogP contribution in [0.3, 0.4) is 0 Å². The number of carbonyl (C=O) groups excluding carboxylic acids is 1. The lowest BCUT2D eigenvalue weighted by molar-refractivity contribution is -0.134. The van der Waals surface area contributed by atoms with Crippen LogP contribution in [0.2, 0.25) is 0 Å². The SMILES string of the molecule is CC(C)[C@H](N)C(=O)N1CCC(N)CC1.Cl. The third-order valence-corrected chi connectivity index (χ3v) is 2.85. The molecule has 0 aromatic carbocycles. The first-order valence-corrected chi connectivity index (χ1v) is 5.32. The number of likely N-dealkylation sites (tertiary alicyclic amines) is 1. The van der Waals surface area contributed by atoms with Gasteiger partial charge in [-0.2, -0.15) is 0 Å². The summed E-state index contributed by atoms with van der Waals surface area (Å²) in [5, 5.41) is 0. The Morgan fingerprint density at radius 3 is 2.20 bits per heavy atom. The van der Waals surface area contributed by atoms with Crippen molar-refractivity contribution in [2.24, 2.45) is 17.4 Å². The summed E-state index contributed by atoms with van der Waals surface area (Å²) in [5.74, 6) is 0.282. The van der Waals surface area contributed by atoms with Gasteiger partial charge in [0.1, 0.15) is 0 Å². The van der Waals surface area contributed by atoms with Crippen molar-refractivity contribution in [1.29, 1.82) is 0 Å². The van der Waals surface area contributed by atoms with E-state index in [1.807, 2.05) is 18.7 Å². The van der Waals surface area contributed by atoms with Gasteiger partial charge in [-0.25, -0.2) is 0 Å². The summed E-state index contributed by atoms with van der Waals surface area (Å²) in [5.41, 5.74) is 11.6. The highest BCUT2D eigenvalue weighted by molar-refractivity contribution is 5.85. The molecule has 4 N–H and O–H groups in total. The van der Waals surface area contributed by atoms with Crippen LogP contribution in [-0.2, 0) is 4.79 Å². The van der Waals surface area contributed by atoms with Crippen molar-refractivity contribution in [2.75, 3.05) is 13.1 Å². The van der Waals surface area contributed by atoms with E-state index in [4.69, 9.17) is 11.5 Å². The molecule has 5 heteroatoms. The lowest BCUT2D eigenvalue weighted by Gasteiger charge is -2.32. The van der Waals surface area contributed by atoms with Crippen LogP contribution < -0.4 is 11.5 Å². The molecule has 1 aliphatic heterocycles. The van der Waals surface area contributed by atoms with E-state index in [9.17, 15) is 4.79 Å². The van der Waals surface area contributed by atoms with E-state index < -0.39 is 0 Å². The summed E-state index contributed by atoms with van der Waals surface area (Å²) in [6.45, 7) is 5.47. The molecule has 1 saturated heterocycles. The number of hydrogen-bond acceptors (Lipinski definition) is 3. The van der Waals surface area contributed by atoms with Gasteiger partial charge in [-0.3, -0.25) is 4.79 Å². The molecule has 0 aromatic rings. The molecular formula is C10H22ClN3O. The fraction of sp³-hybridized carbons (Fsp3) is 0.900. The molecular weight excluding hydrogens is 214 g/mol. The number of hydrogen-bond donors (Lipinski definition) is 2. The summed E-state index contributed by atoms with van der Waals surface area (Å²) >= 11 is 0. The second-order valence-corrected chi connectivity index (χ2v) is 4.43. The van der Waals surface area contributed by atoms with Crippen molar-refractivity contribution < 1.29 is 4.79 Å². The second-order valence-electron chi connectivity index (χ2n) is 4.43. The van der Waals surface area contributed by atoms with E-state index in [2.05, 4.69) is 0 Å². The fourth-order valence-corrected chi connectivity index (χ4v) is 1.62. The highest BCUT2D eigenvalue weighted by Gasteiger charge is 2.26. The van der Waals surface area contributed by atoms with Gasteiger partial charge in [0.2, 0.25) is 5.91 Å². The van der Waals surface area contributed by atoms with E-state index >= 15 is 0 Å². The minimum Gasteiger partial charge on any atom is -0.341 e. The Morgan fingerprint density at radius 2 is 1.80 bits per heavy atom. The van der Waals surface area contributed by atoms with E-state index in [-0.39, 0.29) is 36.3 Å². The Morgan fingerprint density at radius 1 is 1.33 bits per heavy atom. The second kappa shape index (κ2) is 6.30. The molecule has 0 saturated carbocycles. The highest BCUT2D eigenvalue weighted by atomic mass is 35.5. The van der Waals surface area contributed by atoms with Crippen LogP contribution in [-0.4, -0.2) is 36.0 Å². The van der Waals surface area contributed by atoms with Gasteiger partial charge >= 0.3 is 0 Å². The molecule has 1 amide bonds. The Kier molecular flexibility index (Phi) is 6.17. The Hall–Kier alpha value is -0.320. The summed E-state index contributed by atoms with van der Waals surface area (Å²) in [6.07, 6.45) is 1.80. The smallest absolute Gasteiger partial charge is 0.239 e. The number of nitrogens with zero attached hydrogens (tertiary/aromatic N) is 1. The molecule has 0 aromatic heterocycles. The average Bonchev–Trinajstić information content (AvgIpc) is 2.16. The first-order valence-electron chi connectivity index (χ1n) is 5.32. The number of amides is 1. The van der Waals surface area contributed by atoms with Crippen LogP contribution in [0.4, 0.5) is 0 Å². The molecule has 0 aliphatic carbocycles. The summed E-state index contributed by atoms with van der Waals surface area (Å²) in [7, 11) is 0. The minimum atomic E-state index is -0.357. The Bertz CT molecular complexity index is 203. The molecule has 1 fully saturated rings. The lowest BCUT2D eigenvalue weighted by Crippen LogP contribution is -2.50. The van der Waals surface area contributed by atoms with Crippen molar-refractivity contribution in [1.82, 2.24) is 4.90 Å². The van der Waals surface area contributed by atoms with Gasteiger partial charge in [0, 0.05) is 19.1 Å².